The summed E-state index contributed by atoms with van der Waals surface area (Å²) in [5.74, 6) is -0.139. The molecule has 5 atom stereocenters. The summed E-state index contributed by atoms with van der Waals surface area (Å²) in [5.41, 5.74) is 9.30. The second kappa shape index (κ2) is 16.6. The summed E-state index contributed by atoms with van der Waals surface area (Å²) in [7, 11) is 1.68. The van der Waals surface area contributed by atoms with Crippen LogP contribution in [0, 0.1) is 11.3 Å². The molecule has 1 aromatic carbocycles. The molecule has 3 aliphatic heterocycles. The molecule has 56 heavy (non-hydrogen) atoms. The third-order valence-electron chi connectivity index (χ3n) is 12.0. The molecule has 4 aliphatic rings. The van der Waals surface area contributed by atoms with Crippen molar-refractivity contribution in [1.82, 2.24) is 30.2 Å². The average Bonchev–Trinajstić information content (AvgIpc) is 3.78. The van der Waals surface area contributed by atoms with Crippen molar-refractivity contribution in [2.24, 2.45) is 16.3 Å². The number of ether oxygens (including phenoxy) is 2. The van der Waals surface area contributed by atoms with Gasteiger partial charge in [0, 0.05) is 78.3 Å². The fraction of sp³-hybridized carbons (Fsp3) is 0.558. The molecular formula is C43H57N7O5S. The molecule has 300 valence electrons. The largest absolute Gasteiger partial charge is 0.464 e. The predicted molar refractivity (Wildman–Crippen MR) is 221 cm³/mol. The number of aryl methyl sites for hydroxylation is 1. The number of aromatic nitrogens is 2. The summed E-state index contributed by atoms with van der Waals surface area (Å²) >= 11 is 1.48. The first kappa shape index (κ1) is 39.9. The van der Waals surface area contributed by atoms with Crippen LogP contribution < -0.4 is 10.7 Å². The Morgan fingerprint density at radius 2 is 2.04 bits per heavy atom. The minimum absolute atomic E-state index is 0.170. The van der Waals surface area contributed by atoms with Gasteiger partial charge in [0.25, 0.3) is 5.91 Å². The molecule has 2 saturated heterocycles. The topological polar surface area (TPSA) is 130 Å². The number of carbonyl (C=O) groups is 3. The van der Waals surface area contributed by atoms with Gasteiger partial charge in [0.1, 0.15) is 12.1 Å². The van der Waals surface area contributed by atoms with Gasteiger partial charge in [-0.15, -0.1) is 11.3 Å². The van der Waals surface area contributed by atoms with Crippen LogP contribution in [0.15, 0.2) is 46.9 Å². The highest BCUT2D eigenvalue weighted by Gasteiger charge is 2.44. The SMILES string of the molecule is C=C/C(=C(\N=CC)[C@H](C)OC)c1c2c3cc(ccc3n1CC)-c1csc(n1)C[C@H](NC(=O)N1C[C@@H]3CCCC[C@@H]31)C(=O)N1CCC[C@H](N1)C(=O)OCC(C)(C)C2. The van der Waals surface area contributed by atoms with E-state index in [1.54, 1.807) is 13.3 Å². The number of cyclic esters (lactones) is 1. The highest BCUT2D eigenvalue weighted by Crippen LogP contribution is 2.41. The Bertz CT molecular complexity index is 2050. The van der Waals surface area contributed by atoms with E-state index in [2.05, 4.69) is 60.9 Å². The second-order valence-electron chi connectivity index (χ2n) is 16.4. The number of benzene rings is 1. The molecule has 1 aliphatic carbocycles. The smallest absolute Gasteiger partial charge is 0.324 e. The van der Waals surface area contributed by atoms with Crippen LogP contribution in [0.1, 0.15) is 89.4 Å². The van der Waals surface area contributed by atoms with E-state index in [4.69, 9.17) is 19.5 Å². The number of fused-ring (bicyclic) bond motifs is 7. The normalized spacial score (nSPS) is 25.2. The van der Waals surface area contributed by atoms with Crippen LogP contribution in [-0.2, 0) is 38.4 Å². The molecule has 13 heteroatoms. The molecule has 3 aromatic rings. The number of hydrogen-bond donors (Lipinski definition) is 2. The number of likely N-dealkylation sites (tertiary alicyclic amines) is 1. The van der Waals surface area contributed by atoms with Crippen LogP contribution >= 0.6 is 11.3 Å². The Hall–Kier alpha value is -4.33. The Balaban J connectivity index is 1.32. The minimum atomic E-state index is -0.863. The summed E-state index contributed by atoms with van der Waals surface area (Å²) in [6.07, 6.45) is 9.83. The van der Waals surface area contributed by atoms with E-state index in [0.29, 0.717) is 38.3 Å². The zero-order chi connectivity index (χ0) is 39.7. The summed E-state index contributed by atoms with van der Waals surface area (Å²) < 4.78 is 14.2. The zero-order valence-electron chi connectivity index (χ0n) is 33.7. The summed E-state index contributed by atoms with van der Waals surface area (Å²) in [4.78, 5) is 53.5. The number of carbonyl (C=O) groups excluding carboxylic acids is 3. The number of hydrazine groups is 1. The van der Waals surface area contributed by atoms with Gasteiger partial charge in [0.05, 0.1) is 34.8 Å². The van der Waals surface area contributed by atoms with Gasteiger partial charge in [-0.1, -0.05) is 45.4 Å². The fourth-order valence-corrected chi connectivity index (χ4v) is 9.85. The number of aliphatic imine (C=N–C) groups is 1. The molecule has 0 unspecified atom stereocenters. The summed E-state index contributed by atoms with van der Waals surface area (Å²) in [6, 6.07) is 4.91. The zero-order valence-corrected chi connectivity index (χ0v) is 34.5. The van der Waals surface area contributed by atoms with Crippen molar-refractivity contribution in [2.45, 2.75) is 117 Å². The molecule has 12 nitrogen and oxygen atoms in total. The van der Waals surface area contributed by atoms with E-state index in [-0.39, 0.29) is 37.1 Å². The fourth-order valence-electron chi connectivity index (χ4n) is 9.00. The average molecular weight is 784 g/mol. The Morgan fingerprint density at radius 3 is 2.77 bits per heavy atom. The van der Waals surface area contributed by atoms with Crippen molar-refractivity contribution in [1.29, 1.82) is 0 Å². The monoisotopic (exact) mass is 783 g/mol. The number of esters is 1. The second-order valence-corrected chi connectivity index (χ2v) is 17.4. The summed E-state index contributed by atoms with van der Waals surface area (Å²) in [6.45, 7) is 16.5. The van der Waals surface area contributed by atoms with Gasteiger partial charge >= 0.3 is 12.0 Å². The molecule has 7 rings (SSSR count). The number of amides is 3. The number of urea groups is 1. The number of nitrogens with zero attached hydrogens (tertiary/aromatic N) is 5. The van der Waals surface area contributed by atoms with Crippen LogP contribution in [0.3, 0.4) is 0 Å². The van der Waals surface area contributed by atoms with Gasteiger partial charge < -0.3 is 24.3 Å². The van der Waals surface area contributed by atoms with E-state index in [1.165, 1.54) is 22.8 Å². The molecule has 0 radical (unpaired) electrons. The van der Waals surface area contributed by atoms with Crippen molar-refractivity contribution in [3.05, 3.63) is 58.2 Å². The van der Waals surface area contributed by atoms with Gasteiger partial charge in [-0.25, -0.2) is 15.2 Å². The lowest BCUT2D eigenvalue weighted by atomic mass is 9.77. The van der Waals surface area contributed by atoms with Crippen LogP contribution in [0.5, 0.6) is 0 Å². The van der Waals surface area contributed by atoms with Gasteiger partial charge in [-0.3, -0.25) is 19.6 Å². The van der Waals surface area contributed by atoms with E-state index >= 15 is 0 Å². The molecule has 2 N–H and O–H groups in total. The standard InChI is InChI=1S/C43H57N7O5S/c1-8-29(38(44-9-2)26(4)54-7)39-31-22-43(5,6)25-55-41(52)32-15-13-19-50(47-32)40(51)33(46-42(53)49-23-28-14-11-12-16-35(28)49)21-37-45-34(24-56-37)27-17-18-36(30(31)20-27)48(39)10-3/h8-9,17-18,20,24,26,28,32-33,35,47H,1,10-16,19,21-23,25H2,2-7H3,(H,46,53)/b38-29+,44-9?/t26-,28-,32-,33-,35-/m0/s1. The number of hydrogen-bond acceptors (Lipinski definition) is 9. The number of methoxy groups -OCH3 is 1. The maximum absolute atomic E-state index is 14.3. The van der Waals surface area contributed by atoms with E-state index in [1.807, 2.05) is 30.2 Å². The van der Waals surface area contributed by atoms with Crippen molar-refractivity contribution in [2.75, 3.05) is 26.8 Å². The number of thiazole rings is 1. The van der Waals surface area contributed by atoms with Crippen molar-refractivity contribution < 1.29 is 23.9 Å². The third kappa shape index (κ3) is 7.82. The Labute approximate surface area is 334 Å². The van der Waals surface area contributed by atoms with Crippen molar-refractivity contribution >= 4 is 51.9 Å². The van der Waals surface area contributed by atoms with Crippen molar-refractivity contribution in [3.63, 3.8) is 0 Å². The number of nitrogens with one attached hydrogen (secondary N) is 2. The maximum Gasteiger partial charge on any atom is 0.324 e. The minimum Gasteiger partial charge on any atom is -0.464 e. The predicted octanol–water partition coefficient (Wildman–Crippen LogP) is 6.92. The van der Waals surface area contributed by atoms with Crippen LogP contribution in [0.2, 0.25) is 0 Å². The quantitative estimate of drug-likeness (QED) is 0.151. The molecule has 2 aromatic heterocycles. The van der Waals surface area contributed by atoms with E-state index in [0.717, 1.165) is 75.5 Å². The highest BCUT2D eigenvalue weighted by molar-refractivity contribution is 7.10. The number of rotatable bonds is 7. The van der Waals surface area contributed by atoms with Gasteiger partial charge in [-0.2, -0.15) is 0 Å². The first-order valence-electron chi connectivity index (χ1n) is 20.3. The molecule has 1 saturated carbocycles. The molecule has 5 heterocycles. The number of allylic oxidation sites excluding steroid dienone is 2. The van der Waals surface area contributed by atoms with Gasteiger partial charge in [0.15, 0.2) is 0 Å². The maximum atomic E-state index is 14.3. The van der Waals surface area contributed by atoms with Crippen LogP contribution in [0.25, 0.3) is 27.7 Å². The van der Waals surface area contributed by atoms with Crippen LogP contribution in [-0.4, -0.2) is 94.6 Å². The summed E-state index contributed by atoms with van der Waals surface area (Å²) in [5, 5.41) is 8.45. The lowest BCUT2D eigenvalue weighted by Gasteiger charge is -2.51. The van der Waals surface area contributed by atoms with E-state index < -0.39 is 23.5 Å². The van der Waals surface area contributed by atoms with Crippen LogP contribution in [0.4, 0.5) is 4.79 Å². The lowest BCUT2D eigenvalue weighted by molar-refractivity contribution is -0.155. The molecular weight excluding hydrogens is 727 g/mol. The van der Waals surface area contributed by atoms with Gasteiger partial charge in [-0.05, 0) is 76.5 Å². The third-order valence-corrected chi connectivity index (χ3v) is 12.9. The Morgan fingerprint density at radius 1 is 1.23 bits per heavy atom. The lowest BCUT2D eigenvalue weighted by Crippen LogP contribution is -2.65. The molecule has 3 fully saturated rings. The molecule has 3 amide bonds. The molecule has 6 bridgehead atoms. The first-order chi connectivity index (χ1) is 27.0. The van der Waals surface area contributed by atoms with Gasteiger partial charge in [0.2, 0.25) is 0 Å². The first-order valence-corrected chi connectivity index (χ1v) is 21.1. The van der Waals surface area contributed by atoms with Crippen molar-refractivity contribution in [3.8, 4) is 11.3 Å². The highest BCUT2D eigenvalue weighted by atomic mass is 32.1. The molecule has 0 spiro atoms. The van der Waals surface area contributed by atoms with E-state index in [9.17, 15) is 14.4 Å². The Kier molecular flexibility index (Phi) is 11.9.